The number of aliphatic carboxylic acids is 1. The van der Waals surface area contributed by atoms with E-state index in [-0.39, 0.29) is 18.1 Å². The number of aliphatic hydroxyl groups is 3. The van der Waals surface area contributed by atoms with Gasteiger partial charge in [0.05, 0.1) is 12.7 Å². The lowest BCUT2D eigenvalue weighted by Gasteiger charge is -2.18. The maximum Gasteiger partial charge on any atom is 0.330 e. The maximum atomic E-state index is 9.60. The molecule has 4 N–H and O–H groups in total. The van der Waals surface area contributed by atoms with Crippen LogP contribution < -0.4 is 0 Å². The molecule has 90 valence electrons. The summed E-state index contributed by atoms with van der Waals surface area (Å²) in [5.41, 5.74) is 0.176. The van der Waals surface area contributed by atoms with Gasteiger partial charge in [-0.2, -0.15) is 0 Å². The Bertz CT molecular complexity index is 188. The van der Waals surface area contributed by atoms with Gasteiger partial charge in [0.25, 0.3) is 0 Å². The van der Waals surface area contributed by atoms with Crippen LogP contribution in [0.1, 0.15) is 20.8 Å². The summed E-state index contributed by atoms with van der Waals surface area (Å²) in [6.07, 6.45) is -1.81. The van der Waals surface area contributed by atoms with Crippen molar-refractivity contribution < 1.29 is 25.2 Å². The van der Waals surface area contributed by atoms with E-state index >= 15 is 0 Å². The maximum absolute atomic E-state index is 9.60. The third kappa shape index (κ3) is 9.40. The van der Waals surface area contributed by atoms with Crippen molar-refractivity contribution in [3.63, 3.8) is 0 Å². The molecule has 0 spiro atoms. The summed E-state index contributed by atoms with van der Waals surface area (Å²) in [6, 6.07) is 0. The lowest BCUT2D eigenvalue weighted by molar-refractivity contribution is -0.132. The second-order valence-electron chi connectivity index (χ2n) is 3.57. The molecule has 0 aliphatic rings. The van der Waals surface area contributed by atoms with Crippen molar-refractivity contribution in [2.24, 2.45) is 5.92 Å². The van der Waals surface area contributed by atoms with Crippen LogP contribution in [0.15, 0.2) is 12.2 Å². The van der Waals surface area contributed by atoms with Crippen molar-refractivity contribution in [1.82, 2.24) is 0 Å². The smallest absolute Gasteiger partial charge is 0.330 e. The van der Waals surface area contributed by atoms with Gasteiger partial charge in [0.1, 0.15) is 6.10 Å². The van der Waals surface area contributed by atoms with Gasteiger partial charge in [0.2, 0.25) is 0 Å². The minimum atomic E-state index is -0.995. The summed E-state index contributed by atoms with van der Waals surface area (Å²) in [7, 11) is 0. The number of carboxylic acid groups (broad SMARTS) is 1. The Labute approximate surface area is 89.7 Å². The standard InChI is InChI=1S/C6H14O3.C4H6O2/c1-4(2)6(9)5(8)3-7;1-3(2)4(5)6/h4-9H,3H2,1-2H3;1H2,2H3,(H,5,6). The number of carbonyl (C=O) groups is 1. The average Bonchev–Trinajstić information content (AvgIpc) is 2.16. The number of carboxylic acids is 1. The zero-order valence-corrected chi connectivity index (χ0v) is 9.34. The summed E-state index contributed by atoms with van der Waals surface area (Å²) >= 11 is 0. The van der Waals surface area contributed by atoms with Crippen molar-refractivity contribution in [3.05, 3.63) is 12.2 Å². The topological polar surface area (TPSA) is 98.0 Å². The highest BCUT2D eigenvalue weighted by Crippen LogP contribution is 2.04. The van der Waals surface area contributed by atoms with Gasteiger partial charge in [0, 0.05) is 5.57 Å². The second-order valence-corrected chi connectivity index (χ2v) is 3.57. The van der Waals surface area contributed by atoms with Crippen molar-refractivity contribution in [3.8, 4) is 0 Å². The number of rotatable bonds is 4. The SMILES string of the molecule is C=C(C)C(=O)O.CC(C)C(O)C(O)CO. The minimum Gasteiger partial charge on any atom is -0.478 e. The molecule has 15 heavy (non-hydrogen) atoms. The van der Waals surface area contributed by atoms with Crippen molar-refractivity contribution in [1.29, 1.82) is 0 Å². The Morgan fingerprint density at radius 3 is 1.73 bits per heavy atom. The Kier molecular flexibility index (Phi) is 9.25. The van der Waals surface area contributed by atoms with Crippen LogP contribution in [-0.4, -0.2) is 45.2 Å². The Balaban J connectivity index is 0. The molecule has 0 aromatic heterocycles. The molecule has 0 amide bonds. The fraction of sp³-hybridized carbons (Fsp3) is 0.700. The zero-order chi connectivity index (χ0) is 12.6. The quantitative estimate of drug-likeness (QED) is 0.500. The third-order valence-corrected chi connectivity index (χ3v) is 1.63. The van der Waals surface area contributed by atoms with E-state index in [0.29, 0.717) is 0 Å². The van der Waals surface area contributed by atoms with E-state index in [1.54, 1.807) is 13.8 Å². The molecule has 0 radical (unpaired) electrons. The van der Waals surface area contributed by atoms with Gasteiger partial charge in [-0.3, -0.25) is 0 Å². The van der Waals surface area contributed by atoms with E-state index in [9.17, 15) is 4.79 Å². The van der Waals surface area contributed by atoms with Gasteiger partial charge in [-0.15, -0.1) is 0 Å². The van der Waals surface area contributed by atoms with E-state index in [1.165, 1.54) is 6.92 Å². The van der Waals surface area contributed by atoms with E-state index in [0.717, 1.165) is 0 Å². The van der Waals surface area contributed by atoms with Crippen LogP contribution in [0.4, 0.5) is 0 Å². The van der Waals surface area contributed by atoms with Gasteiger partial charge in [-0.05, 0) is 12.8 Å². The third-order valence-electron chi connectivity index (χ3n) is 1.63. The number of hydrogen-bond acceptors (Lipinski definition) is 4. The normalized spacial score (nSPS) is 13.8. The van der Waals surface area contributed by atoms with Crippen LogP contribution >= 0.6 is 0 Å². The highest BCUT2D eigenvalue weighted by atomic mass is 16.4. The molecule has 0 fully saturated rings. The largest absolute Gasteiger partial charge is 0.478 e. The Morgan fingerprint density at radius 2 is 1.67 bits per heavy atom. The molecule has 0 heterocycles. The summed E-state index contributed by atoms with van der Waals surface area (Å²) in [5, 5.41) is 34.0. The lowest BCUT2D eigenvalue weighted by atomic mass is 10.0. The van der Waals surface area contributed by atoms with Crippen LogP contribution in [0, 0.1) is 5.92 Å². The summed E-state index contributed by atoms with van der Waals surface area (Å²) in [6.45, 7) is 7.79. The average molecular weight is 220 g/mol. The second kappa shape index (κ2) is 8.40. The van der Waals surface area contributed by atoms with Gasteiger partial charge >= 0.3 is 5.97 Å². The van der Waals surface area contributed by atoms with Gasteiger partial charge in [-0.1, -0.05) is 20.4 Å². The molecule has 0 aliphatic carbocycles. The van der Waals surface area contributed by atoms with Crippen LogP contribution in [0.2, 0.25) is 0 Å². The first-order valence-corrected chi connectivity index (χ1v) is 4.59. The van der Waals surface area contributed by atoms with Crippen LogP contribution in [0.3, 0.4) is 0 Å². The highest BCUT2D eigenvalue weighted by molar-refractivity contribution is 5.84. The van der Waals surface area contributed by atoms with Gasteiger partial charge in [0.15, 0.2) is 0 Å². The molecule has 5 heteroatoms. The van der Waals surface area contributed by atoms with Crippen molar-refractivity contribution >= 4 is 5.97 Å². The molecule has 0 saturated heterocycles. The minimum absolute atomic E-state index is 0.00727. The first kappa shape index (κ1) is 16.5. The molecule has 0 aromatic rings. The summed E-state index contributed by atoms with van der Waals surface area (Å²) in [5.74, 6) is -0.942. The molecule has 2 atom stereocenters. The first-order chi connectivity index (χ1) is 6.73. The monoisotopic (exact) mass is 220 g/mol. The van der Waals surface area contributed by atoms with Crippen LogP contribution in [0.5, 0.6) is 0 Å². The van der Waals surface area contributed by atoms with E-state index in [4.69, 9.17) is 20.4 Å². The fourth-order valence-electron chi connectivity index (χ4n) is 0.552. The van der Waals surface area contributed by atoms with E-state index in [1.807, 2.05) is 0 Å². The van der Waals surface area contributed by atoms with Crippen LogP contribution in [-0.2, 0) is 4.79 Å². The van der Waals surface area contributed by atoms with Gasteiger partial charge in [-0.25, -0.2) is 4.79 Å². The lowest BCUT2D eigenvalue weighted by Crippen LogP contribution is -2.33. The van der Waals surface area contributed by atoms with Crippen molar-refractivity contribution in [2.75, 3.05) is 6.61 Å². The molecule has 0 saturated carbocycles. The summed E-state index contributed by atoms with van der Waals surface area (Å²) in [4.78, 5) is 9.60. The fourth-order valence-corrected chi connectivity index (χ4v) is 0.552. The molecule has 0 rings (SSSR count). The van der Waals surface area contributed by atoms with Crippen molar-refractivity contribution in [2.45, 2.75) is 33.0 Å². The highest BCUT2D eigenvalue weighted by Gasteiger charge is 2.17. The molecule has 2 unspecified atom stereocenters. The molecular weight excluding hydrogens is 200 g/mol. The summed E-state index contributed by atoms with van der Waals surface area (Å²) < 4.78 is 0. The predicted molar refractivity (Wildman–Crippen MR) is 56.4 cm³/mol. The molecule has 5 nitrogen and oxygen atoms in total. The van der Waals surface area contributed by atoms with E-state index < -0.39 is 18.2 Å². The number of aliphatic hydroxyl groups excluding tert-OH is 3. The van der Waals surface area contributed by atoms with Crippen LogP contribution in [0.25, 0.3) is 0 Å². The van der Waals surface area contributed by atoms with E-state index in [2.05, 4.69) is 6.58 Å². The molecule has 0 aromatic carbocycles. The number of hydrogen-bond donors (Lipinski definition) is 4. The van der Waals surface area contributed by atoms with Gasteiger partial charge < -0.3 is 20.4 Å². The Hall–Kier alpha value is -0.910. The first-order valence-electron chi connectivity index (χ1n) is 4.59. The molecular formula is C10H20O5. The Morgan fingerprint density at radius 1 is 1.33 bits per heavy atom. The predicted octanol–water partition coefficient (Wildman–Crippen LogP) is 0.00360. The molecule has 0 aliphatic heterocycles. The molecule has 0 bridgehead atoms. The zero-order valence-electron chi connectivity index (χ0n) is 9.34.